The number of benzene rings is 1. The summed E-state index contributed by atoms with van der Waals surface area (Å²) in [5.41, 5.74) is 6.49. The second-order valence-electron chi connectivity index (χ2n) is 7.21. The van der Waals surface area contributed by atoms with Gasteiger partial charge in [0.1, 0.15) is 5.82 Å². The van der Waals surface area contributed by atoms with Gasteiger partial charge in [0, 0.05) is 36.4 Å². The number of para-hydroxylation sites is 1. The number of hydrogen-bond donors (Lipinski definition) is 0. The summed E-state index contributed by atoms with van der Waals surface area (Å²) in [5, 5.41) is 1.07. The van der Waals surface area contributed by atoms with Crippen molar-refractivity contribution >= 4 is 17.4 Å². The van der Waals surface area contributed by atoms with Crippen molar-refractivity contribution in [3.63, 3.8) is 0 Å². The van der Waals surface area contributed by atoms with Gasteiger partial charge in [-0.3, -0.25) is 4.57 Å². The molecule has 4 nitrogen and oxygen atoms in total. The summed E-state index contributed by atoms with van der Waals surface area (Å²) in [6.07, 6.45) is 5.25. The molecule has 5 heteroatoms. The van der Waals surface area contributed by atoms with E-state index in [-0.39, 0.29) is 0 Å². The van der Waals surface area contributed by atoms with E-state index in [9.17, 15) is 0 Å². The lowest BCUT2D eigenvalue weighted by Crippen LogP contribution is -2.22. The molecule has 4 rings (SSSR count). The summed E-state index contributed by atoms with van der Waals surface area (Å²) < 4.78 is 2.31. The number of fused-ring (bicyclic) bond motifs is 1. The van der Waals surface area contributed by atoms with Gasteiger partial charge in [0.15, 0.2) is 5.16 Å². The van der Waals surface area contributed by atoms with Gasteiger partial charge in [0.05, 0.1) is 5.69 Å². The highest BCUT2D eigenvalue weighted by Crippen LogP contribution is 2.34. The van der Waals surface area contributed by atoms with Crippen LogP contribution in [0, 0.1) is 6.92 Å². The number of hydrogen-bond acceptors (Lipinski definition) is 4. The van der Waals surface area contributed by atoms with Crippen LogP contribution in [0.15, 0.2) is 47.8 Å². The van der Waals surface area contributed by atoms with Crippen LogP contribution < -0.4 is 4.90 Å². The van der Waals surface area contributed by atoms with Crippen molar-refractivity contribution in [2.24, 2.45) is 0 Å². The molecule has 0 saturated carbocycles. The van der Waals surface area contributed by atoms with E-state index in [4.69, 9.17) is 4.98 Å². The maximum Gasteiger partial charge on any atom is 0.174 e. The standard InChI is InChI=1S/C23H28N4S/c1-4-26(5-2)20-13-7-6-11-18(20)16-28-23-25-19-12-8-14-21(19)27(23)22-17(3)10-9-15-24-22/h6-7,9-11,13,15H,4-5,8,12,14,16H2,1-3H3. The Hall–Kier alpha value is -2.27. The summed E-state index contributed by atoms with van der Waals surface area (Å²) >= 11 is 1.83. The van der Waals surface area contributed by atoms with Crippen molar-refractivity contribution in [3.8, 4) is 5.82 Å². The molecule has 0 saturated heterocycles. The lowest BCUT2D eigenvalue weighted by molar-refractivity contribution is 0.766. The lowest BCUT2D eigenvalue weighted by Gasteiger charge is -2.24. The van der Waals surface area contributed by atoms with E-state index in [1.807, 2.05) is 24.0 Å². The van der Waals surface area contributed by atoms with Gasteiger partial charge in [0.25, 0.3) is 0 Å². The van der Waals surface area contributed by atoms with E-state index in [1.165, 1.54) is 34.6 Å². The molecule has 1 aliphatic carbocycles. The Balaban J connectivity index is 1.67. The number of pyridine rings is 1. The third-order valence-corrected chi connectivity index (χ3v) is 6.49. The average molecular weight is 393 g/mol. The zero-order valence-electron chi connectivity index (χ0n) is 17.0. The lowest BCUT2D eigenvalue weighted by atomic mass is 10.2. The molecule has 0 fully saturated rings. The summed E-state index contributed by atoms with van der Waals surface area (Å²) in [6, 6.07) is 12.9. The molecule has 1 aromatic carbocycles. The molecule has 146 valence electrons. The average Bonchev–Trinajstić information content (AvgIpc) is 3.30. The molecule has 0 atom stereocenters. The van der Waals surface area contributed by atoms with Gasteiger partial charge >= 0.3 is 0 Å². The van der Waals surface area contributed by atoms with Crippen molar-refractivity contribution in [3.05, 3.63) is 65.1 Å². The van der Waals surface area contributed by atoms with E-state index in [1.54, 1.807) is 0 Å². The second kappa shape index (κ2) is 8.39. The maximum atomic E-state index is 5.01. The monoisotopic (exact) mass is 392 g/mol. The number of imidazole rings is 1. The van der Waals surface area contributed by atoms with Crippen LogP contribution in [0.3, 0.4) is 0 Å². The first-order valence-electron chi connectivity index (χ1n) is 10.2. The smallest absolute Gasteiger partial charge is 0.174 e. The van der Waals surface area contributed by atoms with E-state index in [2.05, 4.69) is 65.6 Å². The number of aryl methyl sites for hydroxylation is 2. The number of rotatable bonds is 7. The molecule has 0 aliphatic heterocycles. The topological polar surface area (TPSA) is 34.0 Å². The van der Waals surface area contributed by atoms with Crippen LogP contribution in [0.2, 0.25) is 0 Å². The van der Waals surface area contributed by atoms with E-state index in [0.29, 0.717) is 0 Å². The molecule has 0 unspecified atom stereocenters. The van der Waals surface area contributed by atoms with E-state index in [0.717, 1.165) is 42.7 Å². The first kappa shape index (κ1) is 19.1. The first-order chi connectivity index (χ1) is 13.7. The molecular weight excluding hydrogens is 364 g/mol. The zero-order chi connectivity index (χ0) is 19.5. The molecular formula is C23H28N4S. The Morgan fingerprint density at radius 2 is 1.89 bits per heavy atom. The Kier molecular flexibility index (Phi) is 5.72. The van der Waals surface area contributed by atoms with Crippen LogP contribution in [-0.2, 0) is 18.6 Å². The fraction of sp³-hybridized carbons (Fsp3) is 0.391. The molecule has 0 N–H and O–H groups in total. The molecule has 3 aromatic rings. The summed E-state index contributed by atoms with van der Waals surface area (Å²) in [4.78, 5) is 12.1. The Morgan fingerprint density at radius 3 is 2.68 bits per heavy atom. The summed E-state index contributed by atoms with van der Waals surface area (Å²) in [6.45, 7) is 8.61. The normalized spacial score (nSPS) is 13.0. The van der Waals surface area contributed by atoms with E-state index >= 15 is 0 Å². The van der Waals surface area contributed by atoms with Crippen molar-refractivity contribution in [2.75, 3.05) is 18.0 Å². The fourth-order valence-corrected chi connectivity index (χ4v) is 5.06. The minimum absolute atomic E-state index is 0.911. The highest BCUT2D eigenvalue weighted by molar-refractivity contribution is 7.98. The number of aromatic nitrogens is 3. The van der Waals surface area contributed by atoms with Gasteiger partial charge in [-0.15, -0.1) is 0 Å². The molecule has 0 radical (unpaired) electrons. The predicted octanol–water partition coefficient (Wildman–Crippen LogP) is 5.20. The number of anilines is 1. The van der Waals surface area contributed by atoms with Gasteiger partial charge in [-0.2, -0.15) is 0 Å². The predicted molar refractivity (Wildman–Crippen MR) is 118 cm³/mol. The SMILES string of the molecule is CCN(CC)c1ccccc1CSc1nc2c(n1-c1ncccc1C)CCC2. The van der Waals surface area contributed by atoms with Crippen LogP contribution >= 0.6 is 11.8 Å². The number of thioether (sulfide) groups is 1. The van der Waals surface area contributed by atoms with Crippen molar-refractivity contribution in [1.29, 1.82) is 0 Å². The zero-order valence-corrected chi connectivity index (χ0v) is 17.8. The second-order valence-corrected chi connectivity index (χ2v) is 8.15. The van der Waals surface area contributed by atoms with Crippen LogP contribution in [0.4, 0.5) is 5.69 Å². The van der Waals surface area contributed by atoms with Crippen molar-refractivity contribution in [2.45, 2.75) is 50.9 Å². The first-order valence-corrected chi connectivity index (χ1v) is 11.2. The van der Waals surface area contributed by atoms with Crippen LogP contribution in [0.25, 0.3) is 5.82 Å². The Labute approximate surface area is 172 Å². The molecule has 28 heavy (non-hydrogen) atoms. The van der Waals surface area contributed by atoms with Crippen LogP contribution in [0.5, 0.6) is 0 Å². The van der Waals surface area contributed by atoms with Gasteiger partial charge in [-0.05, 0) is 63.3 Å². The summed E-state index contributed by atoms with van der Waals surface area (Å²) in [7, 11) is 0. The van der Waals surface area contributed by atoms with E-state index < -0.39 is 0 Å². The maximum absolute atomic E-state index is 5.01. The molecule has 1 aliphatic rings. The van der Waals surface area contributed by atoms with Gasteiger partial charge < -0.3 is 4.90 Å². The third-order valence-electron chi connectivity index (χ3n) is 5.50. The quantitative estimate of drug-likeness (QED) is 0.517. The van der Waals surface area contributed by atoms with Crippen LogP contribution in [-0.4, -0.2) is 27.6 Å². The Morgan fingerprint density at radius 1 is 1.07 bits per heavy atom. The Bertz CT molecular complexity index is 959. The highest BCUT2D eigenvalue weighted by Gasteiger charge is 2.24. The minimum atomic E-state index is 0.911. The largest absolute Gasteiger partial charge is 0.372 e. The third kappa shape index (κ3) is 3.55. The fourth-order valence-electron chi connectivity index (χ4n) is 4.03. The minimum Gasteiger partial charge on any atom is -0.372 e. The summed E-state index contributed by atoms with van der Waals surface area (Å²) in [5.74, 6) is 1.94. The van der Waals surface area contributed by atoms with Crippen molar-refractivity contribution in [1.82, 2.24) is 14.5 Å². The van der Waals surface area contributed by atoms with Gasteiger partial charge in [-0.1, -0.05) is 36.0 Å². The van der Waals surface area contributed by atoms with Crippen molar-refractivity contribution < 1.29 is 0 Å². The molecule has 0 bridgehead atoms. The van der Waals surface area contributed by atoms with Gasteiger partial charge in [0.2, 0.25) is 0 Å². The van der Waals surface area contributed by atoms with Gasteiger partial charge in [-0.25, -0.2) is 9.97 Å². The highest BCUT2D eigenvalue weighted by atomic mass is 32.2. The number of nitrogens with zero attached hydrogens (tertiary/aromatic N) is 4. The van der Waals surface area contributed by atoms with Crippen LogP contribution in [0.1, 0.15) is 42.8 Å². The molecule has 2 aromatic heterocycles. The molecule has 0 amide bonds. The molecule has 2 heterocycles. The molecule has 0 spiro atoms.